The molecule has 15 heavy (non-hydrogen) atoms. The van der Waals surface area contributed by atoms with E-state index in [2.05, 4.69) is 0 Å². The van der Waals surface area contributed by atoms with E-state index in [4.69, 9.17) is 10.2 Å². The maximum atomic E-state index is 9.85. The second kappa shape index (κ2) is 4.73. The Balaban J connectivity index is 4.99. The summed E-state index contributed by atoms with van der Waals surface area (Å²) in [6.45, 7) is 2.61. The van der Waals surface area contributed by atoms with Crippen LogP contribution in [-0.4, -0.2) is 66.8 Å². The largest absolute Gasteiger partial charge is 0.394 e. The lowest BCUT2D eigenvalue weighted by atomic mass is 9.76. The Morgan fingerprint density at radius 3 is 1.67 bits per heavy atom. The van der Waals surface area contributed by atoms with E-state index in [1.165, 1.54) is 6.92 Å². The Morgan fingerprint density at radius 2 is 1.40 bits per heavy atom. The molecular weight excluding hydrogens is 204 g/mol. The summed E-state index contributed by atoms with van der Waals surface area (Å²) < 4.78 is 0. The van der Waals surface area contributed by atoms with E-state index >= 15 is 0 Å². The molecule has 5 atom stereocenters. The van der Waals surface area contributed by atoms with Gasteiger partial charge in [0.25, 0.3) is 0 Å². The molecule has 0 saturated heterocycles. The van der Waals surface area contributed by atoms with Gasteiger partial charge in [-0.3, -0.25) is 0 Å². The van der Waals surface area contributed by atoms with Gasteiger partial charge >= 0.3 is 0 Å². The second-order valence-electron chi connectivity index (χ2n) is 4.18. The second-order valence-corrected chi connectivity index (χ2v) is 4.18. The molecular formula is C9H20O6. The maximum absolute atomic E-state index is 9.85. The molecule has 0 aliphatic rings. The molecule has 6 N–H and O–H groups in total. The lowest BCUT2D eigenvalue weighted by Gasteiger charge is -2.44. The van der Waals surface area contributed by atoms with Crippen LogP contribution in [0, 0.1) is 0 Å². The molecule has 0 aromatic heterocycles. The van der Waals surface area contributed by atoms with Crippen molar-refractivity contribution < 1.29 is 30.6 Å². The smallest absolute Gasteiger partial charge is 0.121 e. The van der Waals surface area contributed by atoms with Crippen LogP contribution in [0.1, 0.15) is 20.8 Å². The molecule has 0 radical (unpaired) electrons. The van der Waals surface area contributed by atoms with Crippen molar-refractivity contribution in [3.05, 3.63) is 0 Å². The summed E-state index contributed by atoms with van der Waals surface area (Å²) in [6, 6.07) is 0. The van der Waals surface area contributed by atoms with Crippen LogP contribution in [0.3, 0.4) is 0 Å². The van der Waals surface area contributed by atoms with Gasteiger partial charge in [0.1, 0.15) is 23.4 Å². The molecule has 0 aromatic carbocycles. The fourth-order valence-corrected chi connectivity index (χ4v) is 1.28. The van der Waals surface area contributed by atoms with E-state index in [-0.39, 0.29) is 0 Å². The number of hydrogen-bond acceptors (Lipinski definition) is 6. The highest BCUT2D eigenvalue weighted by molar-refractivity contribution is 5.03. The van der Waals surface area contributed by atoms with Crippen LogP contribution >= 0.6 is 0 Å². The van der Waals surface area contributed by atoms with Gasteiger partial charge in [-0.05, 0) is 20.8 Å². The van der Waals surface area contributed by atoms with E-state index in [0.717, 1.165) is 13.8 Å². The average molecular weight is 224 g/mol. The summed E-state index contributed by atoms with van der Waals surface area (Å²) in [7, 11) is 0. The van der Waals surface area contributed by atoms with Crippen molar-refractivity contribution in [2.24, 2.45) is 0 Å². The molecule has 0 bridgehead atoms. The standard InChI is InChI=1S/C9H20O6/c1-5(11)7(13)9(3,15)8(2,14)6(12)4-10/h5-7,10-15H,4H2,1-3H3/t5?,6-,7+,8+,9-/m0/s1. The molecule has 92 valence electrons. The molecule has 0 aliphatic carbocycles. The van der Waals surface area contributed by atoms with Crippen LogP contribution in [0.5, 0.6) is 0 Å². The Morgan fingerprint density at radius 1 is 1.00 bits per heavy atom. The molecule has 0 aromatic rings. The molecule has 6 nitrogen and oxygen atoms in total. The third-order valence-electron chi connectivity index (χ3n) is 2.88. The Kier molecular flexibility index (Phi) is 4.66. The van der Waals surface area contributed by atoms with E-state index < -0.39 is 36.1 Å². The summed E-state index contributed by atoms with van der Waals surface area (Å²) in [4.78, 5) is 0. The van der Waals surface area contributed by atoms with Gasteiger partial charge in [-0.15, -0.1) is 0 Å². The summed E-state index contributed by atoms with van der Waals surface area (Å²) in [6.07, 6.45) is -4.55. The fourth-order valence-electron chi connectivity index (χ4n) is 1.28. The normalized spacial score (nSPS) is 26.2. The van der Waals surface area contributed by atoms with E-state index in [1.54, 1.807) is 0 Å². The van der Waals surface area contributed by atoms with Crippen molar-refractivity contribution in [1.29, 1.82) is 0 Å². The first-order chi connectivity index (χ1) is 6.59. The van der Waals surface area contributed by atoms with Gasteiger partial charge in [0, 0.05) is 0 Å². The Labute approximate surface area is 88.4 Å². The topological polar surface area (TPSA) is 121 Å². The van der Waals surface area contributed by atoms with Crippen molar-refractivity contribution in [3.8, 4) is 0 Å². The van der Waals surface area contributed by atoms with Gasteiger partial charge < -0.3 is 30.6 Å². The van der Waals surface area contributed by atoms with Crippen molar-refractivity contribution in [2.45, 2.75) is 50.3 Å². The van der Waals surface area contributed by atoms with E-state index in [9.17, 15) is 20.4 Å². The van der Waals surface area contributed by atoms with Crippen molar-refractivity contribution in [1.82, 2.24) is 0 Å². The summed E-state index contributed by atoms with van der Waals surface area (Å²) in [5.74, 6) is 0. The van der Waals surface area contributed by atoms with Crippen molar-refractivity contribution >= 4 is 0 Å². The number of aliphatic hydroxyl groups is 6. The summed E-state index contributed by atoms with van der Waals surface area (Å²) in [5.41, 5.74) is -4.29. The van der Waals surface area contributed by atoms with E-state index in [1.807, 2.05) is 0 Å². The molecule has 0 spiro atoms. The lowest BCUT2D eigenvalue weighted by Crippen LogP contribution is -2.66. The SMILES string of the molecule is CC(O)[C@@H](O)[C@](C)(O)[C@](C)(O)[C@@H](O)CO. The monoisotopic (exact) mass is 224 g/mol. The molecule has 1 unspecified atom stereocenters. The van der Waals surface area contributed by atoms with Gasteiger partial charge in [-0.1, -0.05) is 0 Å². The first kappa shape index (κ1) is 14.8. The predicted molar refractivity (Wildman–Crippen MR) is 52.0 cm³/mol. The molecule has 0 saturated carbocycles. The van der Waals surface area contributed by atoms with Gasteiger partial charge in [-0.25, -0.2) is 0 Å². The van der Waals surface area contributed by atoms with Crippen LogP contribution in [-0.2, 0) is 0 Å². The van der Waals surface area contributed by atoms with E-state index in [0.29, 0.717) is 0 Å². The van der Waals surface area contributed by atoms with Gasteiger partial charge in [0.15, 0.2) is 0 Å². The lowest BCUT2D eigenvalue weighted by molar-refractivity contribution is -0.241. The molecule has 0 aliphatic heterocycles. The molecule has 0 rings (SSSR count). The Hall–Kier alpha value is -0.240. The number of aliphatic hydroxyl groups excluding tert-OH is 4. The molecule has 0 amide bonds. The highest BCUT2D eigenvalue weighted by Crippen LogP contribution is 2.30. The first-order valence-corrected chi connectivity index (χ1v) is 4.68. The van der Waals surface area contributed by atoms with Crippen molar-refractivity contribution in [2.75, 3.05) is 6.61 Å². The van der Waals surface area contributed by atoms with Crippen LogP contribution in [0.15, 0.2) is 0 Å². The zero-order valence-corrected chi connectivity index (χ0v) is 9.12. The minimum absolute atomic E-state index is 0.768. The highest BCUT2D eigenvalue weighted by atomic mass is 16.4. The zero-order chi connectivity index (χ0) is 12.4. The highest BCUT2D eigenvalue weighted by Gasteiger charge is 2.52. The van der Waals surface area contributed by atoms with Gasteiger partial charge in [0.2, 0.25) is 0 Å². The fraction of sp³-hybridized carbons (Fsp3) is 1.00. The number of hydrogen-bond donors (Lipinski definition) is 6. The third-order valence-corrected chi connectivity index (χ3v) is 2.88. The molecule has 6 heteroatoms. The molecule has 0 fully saturated rings. The molecule has 0 heterocycles. The van der Waals surface area contributed by atoms with Gasteiger partial charge in [0.05, 0.1) is 12.7 Å². The summed E-state index contributed by atoms with van der Waals surface area (Å²) in [5, 5.41) is 56.2. The first-order valence-electron chi connectivity index (χ1n) is 4.68. The van der Waals surface area contributed by atoms with Crippen LogP contribution < -0.4 is 0 Å². The maximum Gasteiger partial charge on any atom is 0.121 e. The Bertz CT molecular complexity index is 201. The van der Waals surface area contributed by atoms with Crippen molar-refractivity contribution in [3.63, 3.8) is 0 Å². The van der Waals surface area contributed by atoms with Crippen LogP contribution in [0.2, 0.25) is 0 Å². The quantitative estimate of drug-likeness (QED) is 0.309. The third kappa shape index (κ3) is 2.66. The number of rotatable bonds is 5. The van der Waals surface area contributed by atoms with Gasteiger partial charge in [-0.2, -0.15) is 0 Å². The minimum atomic E-state index is -2.15. The minimum Gasteiger partial charge on any atom is -0.394 e. The van der Waals surface area contributed by atoms with Crippen LogP contribution in [0.4, 0.5) is 0 Å². The zero-order valence-electron chi connectivity index (χ0n) is 9.12. The van der Waals surface area contributed by atoms with Crippen LogP contribution in [0.25, 0.3) is 0 Å². The average Bonchev–Trinajstić information content (AvgIpc) is 2.14. The predicted octanol–water partition coefficient (Wildman–Crippen LogP) is -2.42. The summed E-state index contributed by atoms with van der Waals surface area (Å²) >= 11 is 0.